The highest BCUT2D eigenvalue weighted by molar-refractivity contribution is 6.06. The van der Waals surface area contributed by atoms with Crippen LogP contribution in [0.4, 0.5) is 0 Å². The van der Waals surface area contributed by atoms with Crippen LogP contribution < -0.4 is 15.8 Å². The van der Waals surface area contributed by atoms with Crippen LogP contribution in [0.25, 0.3) is 34.5 Å². The summed E-state index contributed by atoms with van der Waals surface area (Å²) in [4.78, 5) is 13.7. The Balaban J connectivity index is 0.000000346. The molecule has 4 aromatic rings. The van der Waals surface area contributed by atoms with Gasteiger partial charge < -0.3 is 9.84 Å². The zero-order valence-electron chi connectivity index (χ0n) is 21.9. The molecule has 0 amide bonds. The Kier molecular flexibility index (Phi) is 6.92. The van der Waals surface area contributed by atoms with Crippen LogP contribution in [0.5, 0.6) is 0 Å². The maximum Gasteiger partial charge on any atom is 0.175 e. The van der Waals surface area contributed by atoms with Gasteiger partial charge in [0.1, 0.15) is 11.5 Å². The summed E-state index contributed by atoms with van der Waals surface area (Å²) in [5, 5.41) is 9.64. The van der Waals surface area contributed by atoms with Crippen molar-refractivity contribution in [3.8, 4) is 22.4 Å². The minimum Gasteiger partial charge on any atom is -0.368 e. The molecule has 4 nitrogen and oxygen atoms in total. The minimum absolute atomic E-state index is 0.0991. The maximum atomic E-state index is 13.7. The first kappa shape index (κ1) is 24.6. The summed E-state index contributed by atoms with van der Waals surface area (Å²) in [6, 6.07) is 22.9. The molecule has 1 atom stereocenters. The van der Waals surface area contributed by atoms with Gasteiger partial charge in [0.05, 0.1) is 5.56 Å². The first-order valence-corrected chi connectivity index (χ1v) is 13.4. The third-order valence-corrected chi connectivity index (χ3v) is 7.52. The third kappa shape index (κ3) is 4.94. The number of aromatic nitrogens is 1. The molecule has 192 valence electrons. The van der Waals surface area contributed by atoms with E-state index in [4.69, 9.17) is 4.52 Å². The second kappa shape index (κ2) is 11.0. The van der Waals surface area contributed by atoms with E-state index in [9.17, 15) is 4.79 Å². The number of nitrogens with zero attached hydrogens (tertiary/aromatic N) is 1. The number of allylic oxidation sites excluding steroid dienone is 4. The lowest BCUT2D eigenvalue weighted by Gasteiger charge is -2.21. The Morgan fingerprint density at radius 1 is 0.846 bits per heavy atom. The SMILES string of the molecule is C1=CC=CNC=C1.Cc1onc(-c2ccccc2)c1C(=O)C1C=c2c(ccc3c2=CCc2ccccc2-3)CC1. The van der Waals surface area contributed by atoms with Crippen molar-refractivity contribution in [1.82, 2.24) is 10.5 Å². The van der Waals surface area contributed by atoms with Gasteiger partial charge in [-0.3, -0.25) is 4.79 Å². The fourth-order valence-corrected chi connectivity index (χ4v) is 5.57. The summed E-state index contributed by atoms with van der Waals surface area (Å²) in [7, 11) is 0. The van der Waals surface area contributed by atoms with Gasteiger partial charge in [-0.05, 0) is 71.0 Å². The zero-order chi connectivity index (χ0) is 26.6. The van der Waals surface area contributed by atoms with Gasteiger partial charge in [-0.25, -0.2) is 0 Å². The number of fused-ring (bicyclic) bond motifs is 5. The van der Waals surface area contributed by atoms with E-state index in [1.807, 2.05) is 74.0 Å². The van der Waals surface area contributed by atoms with E-state index in [1.54, 1.807) is 0 Å². The monoisotopic (exact) mass is 510 g/mol. The number of carbonyl (C=O) groups excluding carboxylic acids is 1. The molecule has 3 aliphatic rings. The molecule has 1 aromatic heterocycles. The fourth-order valence-electron chi connectivity index (χ4n) is 5.57. The van der Waals surface area contributed by atoms with Crippen molar-refractivity contribution in [3.63, 3.8) is 0 Å². The molecule has 2 heterocycles. The summed E-state index contributed by atoms with van der Waals surface area (Å²) in [5.41, 5.74) is 7.41. The lowest BCUT2D eigenvalue weighted by molar-refractivity contribution is 0.0946. The number of Topliss-reactive ketones (excluding diaryl/α,β-unsaturated/α-hetero) is 1. The first-order valence-electron chi connectivity index (χ1n) is 13.4. The first-order chi connectivity index (χ1) is 19.2. The molecule has 1 N–H and O–H groups in total. The van der Waals surface area contributed by atoms with Crippen molar-refractivity contribution in [2.75, 3.05) is 0 Å². The molecule has 0 saturated heterocycles. The number of hydrogen-bond donors (Lipinski definition) is 1. The molecule has 0 bridgehead atoms. The number of benzene rings is 3. The van der Waals surface area contributed by atoms with Crippen LogP contribution in [0.3, 0.4) is 0 Å². The Hall–Kier alpha value is -4.70. The lowest BCUT2D eigenvalue weighted by atomic mass is 9.82. The Labute approximate surface area is 228 Å². The molecular formula is C35H30N2O2. The molecule has 0 saturated carbocycles. The van der Waals surface area contributed by atoms with Crippen molar-refractivity contribution in [2.45, 2.75) is 26.2 Å². The van der Waals surface area contributed by atoms with Gasteiger partial charge in [-0.1, -0.05) is 96.2 Å². The fraction of sp³-hybridized carbons (Fsp3) is 0.143. The summed E-state index contributed by atoms with van der Waals surface area (Å²) in [6.45, 7) is 1.83. The summed E-state index contributed by atoms with van der Waals surface area (Å²) in [5.74, 6) is 0.505. The predicted octanol–water partition coefficient (Wildman–Crippen LogP) is 6.05. The molecule has 3 aromatic carbocycles. The van der Waals surface area contributed by atoms with Crippen molar-refractivity contribution < 1.29 is 9.32 Å². The molecule has 1 aliphatic heterocycles. The number of nitrogens with one attached hydrogen (secondary N) is 1. The van der Waals surface area contributed by atoms with Crippen molar-refractivity contribution >= 4 is 17.9 Å². The smallest absolute Gasteiger partial charge is 0.175 e. The zero-order valence-corrected chi connectivity index (χ0v) is 21.9. The summed E-state index contributed by atoms with van der Waals surface area (Å²) in [6.07, 6.45) is 18.7. The van der Waals surface area contributed by atoms with Crippen LogP contribution in [-0.4, -0.2) is 10.9 Å². The van der Waals surface area contributed by atoms with Gasteiger partial charge in [0.25, 0.3) is 0 Å². The van der Waals surface area contributed by atoms with E-state index < -0.39 is 0 Å². The predicted molar refractivity (Wildman–Crippen MR) is 157 cm³/mol. The van der Waals surface area contributed by atoms with Gasteiger partial charge >= 0.3 is 0 Å². The second-order valence-electron chi connectivity index (χ2n) is 9.94. The van der Waals surface area contributed by atoms with E-state index in [-0.39, 0.29) is 11.7 Å². The van der Waals surface area contributed by atoms with E-state index in [1.165, 1.54) is 32.7 Å². The number of carbonyl (C=O) groups is 1. The number of ketones is 1. The highest BCUT2D eigenvalue weighted by atomic mass is 16.5. The average molecular weight is 511 g/mol. The number of rotatable bonds is 3. The van der Waals surface area contributed by atoms with Gasteiger partial charge in [0.2, 0.25) is 0 Å². The Morgan fingerprint density at radius 2 is 1.62 bits per heavy atom. The highest BCUT2D eigenvalue weighted by Crippen LogP contribution is 2.30. The van der Waals surface area contributed by atoms with Crippen LogP contribution in [0.15, 0.2) is 108 Å². The molecule has 39 heavy (non-hydrogen) atoms. The van der Waals surface area contributed by atoms with Gasteiger partial charge in [-0.15, -0.1) is 0 Å². The second-order valence-corrected chi connectivity index (χ2v) is 9.94. The minimum atomic E-state index is -0.180. The van der Waals surface area contributed by atoms with E-state index in [0.717, 1.165) is 24.8 Å². The van der Waals surface area contributed by atoms with Gasteiger partial charge in [0, 0.05) is 23.9 Å². The topological polar surface area (TPSA) is 55.1 Å². The number of hydrogen-bond acceptors (Lipinski definition) is 4. The molecule has 0 fully saturated rings. The van der Waals surface area contributed by atoms with E-state index in [0.29, 0.717) is 17.0 Å². The molecule has 0 radical (unpaired) electrons. The highest BCUT2D eigenvalue weighted by Gasteiger charge is 2.29. The molecule has 4 heteroatoms. The van der Waals surface area contributed by atoms with Crippen molar-refractivity contribution in [1.29, 1.82) is 0 Å². The van der Waals surface area contributed by atoms with Crippen LogP contribution in [0.1, 0.15) is 33.7 Å². The largest absolute Gasteiger partial charge is 0.368 e. The van der Waals surface area contributed by atoms with E-state index >= 15 is 0 Å². The van der Waals surface area contributed by atoms with Crippen LogP contribution in [-0.2, 0) is 12.8 Å². The van der Waals surface area contributed by atoms with Crippen molar-refractivity contribution in [3.05, 3.63) is 136 Å². The van der Waals surface area contributed by atoms with Crippen LogP contribution in [0, 0.1) is 12.8 Å². The Morgan fingerprint density at radius 3 is 2.44 bits per heavy atom. The quantitative estimate of drug-likeness (QED) is 0.341. The molecule has 1 unspecified atom stereocenters. The normalized spacial score (nSPS) is 16.2. The summed E-state index contributed by atoms with van der Waals surface area (Å²) >= 11 is 0. The maximum absolute atomic E-state index is 13.7. The standard InChI is InChI=1S/C29H23NO2.C6H7N/c1-18-27(28(30-32-18)21-8-3-2-4-9-21)29(31)22-12-11-20-14-15-24-23-10-6-5-7-19(23)13-16-25(24)26(20)17-22;1-2-4-6-7-5-3-1/h2-10,14-17,22H,11-13H2,1H3;1-7H. The molecule has 2 aliphatic carbocycles. The van der Waals surface area contributed by atoms with Crippen molar-refractivity contribution in [2.24, 2.45) is 5.92 Å². The molecule has 0 spiro atoms. The van der Waals surface area contributed by atoms with Crippen LogP contribution in [0.2, 0.25) is 0 Å². The Bertz CT molecular complexity index is 1730. The average Bonchev–Trinajstić information content (AvgIpc) is 3.16. The number of aryl methyl sites for hydroxylation is 2. The molecule has 7 rings (SSSR count). The van der Waals surface area contributed by atoms with E-state index in [2.05, 4.69) is 59.0 Å². The molecular weight excluding hydrogens is 480 g/mol. The van der Waals surface area contributed by atoms with Gasteiger partial charge in [-0.2, -0.15) is 0 Å². The summed E-state index contributed by atoms with van der Waals surface area (Å²) < 4.78 is 5.47. The van der Waals surface area contributed by atoms with Crippen LogP contribution >= 0.6 is 0 Å². The lowest BCUT2D eigenvalue weighted by Crippen LogP contribution is -2.37. The van der Waals surface area contributed by atoms with Gasteiger partial charge in [0.15, 0.2) is 5.78 Å². The third-order valence-electron chi connectivity index (χ3n) is 7.52.